The van der Waals surface area contributed by atoms with E-state index in [-0.39, 0.29) is 17.6 Å². The molecule has 0 aliphatic heterocycles. The zero-order valence-electron chi connectivity index (χ0n) is 14.2. The summed E-state index contributed by atoms with van der Waals surface area (Å²) in [6.45, 7) is 1.88. The van der Waals surface area contributed by atoms with Gasteiger partial charge in [-0.25, -0.2) is 14.6 Å². The number of thiophene rings is 1. The van der Waals surface area contributed by atoms with Gasteiger partial charge in [0.1, 0.15) is 11.2 Å². The third-order valence-corrected chi connectivity index (χ3v) is 4.72. The maximum atomic E-state index is 13.1. The molecule has 0 radical (unpaired) electrons. The smallest absolute Gasteiger partial charge is 0.339 e. The molecule has 3 aromatic rings. The Kier molecular flexibility index (Phi) is 5.13. The quantitative estimate of drug-likeness (QED) is 0.639. The fraction of sp³-hybridized carbons (Fsp3) is 0.222. The van der Waals surface area contributed by atoms with Crippen LogP contribution >= 0.6 is 11.3 Å². The topological polar surface area (TPSA) is 87.5 Å². The summed E-state index contributed by atoms with van der Waals surface area (Å²) >= 11 is 1.17. The normalized spacial score (nSPS) is 11.9. The Morgan fingerprint density at radius 2 is 2.00 bits per heavy atom. The SMILES string of the molecule is CCOC(=O)c1csc2ncn(C(C(=O)OC)c3ccccc3)c(=O)c12. The summed E-state index contributed by atoms with van der Waals surface area (Å²) in [7, 11) is 1.25. The lowest BCUT2D eigenvalue weighted by Crippen LogP contribution is -2.32. The highest BCUT2D eigenvalue weighted by atomic mass is 32.1. The molecule has 0 bridgehead atoms. The third kappa shape index (κ3) is 3.11. The van der Waals surface area contributed by atoms with Gasteiger partial charge in [-0.2, -0.15) is 0 Å². The Morgan fingerprint density at radius 3 is 2.65 bits per heavy atom. The number of fused-ring (bicyclic) bond motifs is 1. The first-order chi connectivity index (χ1) is 12.6. The molecule has 1 unspecified atom stereocenters. The highest BCUT2D eigenvalue weighted by molar-refractivity contribution is 7.17. The predicted molar refractivity (Wildman–Crippen MR) is 96.4 cm³/mol. The van der Waals surface area contributed by atoms with Crippen molar-refractivity contribution in [1.29, 1.82) is 0 Å². The Bertz CT molecular complexity index is 1010. The molecule has 0 N–H and O–H groups in total. The van der Waals surface area contributed by atoms with Crippen LogP contribution in [0, 0.1) is 0 Å². The van der Waals surface area contributed by atoms with Crippen LogP contribution in [0.5, 0.6) is 0 Å². The second-order valence-corrected chi connectivity index (χ2v) is 6.20. The minimum atomic E-state index is -0.999. The van der Waals surface area contributed by atoms with Crippen molar-refractivity contribution in [3.63, 3.8) is 0 Å². The molecule has 0 aliphatic rings. The van der Waals surface area contributed by atoms with Gasteiger partial charge in [-0.3, -0.25) is 9.36 Å². The number of rotatable bonds is 5. The van der Waals surface area contributed by atoms with Crippen molar-refractivity contribution in [3.8, 4) is 0 Å². The van der Waals surface area contributed by atoms with Crippen LogP contribution in [0.4, 0.5) is 0 Å². The molecule has 8 heteroatoms. The van der Waals surface area contributed by atoms with Crippen LogP contribution in [-0.4, -0.2) is 35.2 Å². The standard InChI is InChI=1S/C18H16N2O5S/c1-3-25-17(22)12-9-26-15-13(12)16(21)20(10-19-15)14(18(23)24-2)11-7-5-4-6-8-11/h4-10,14H,3H2,1-2H3. The molecule has 26 heavy (non-hydrogen) atoms. The largest absolute Gasteiger partial charge is 0.467 e. The molecular formula is C18H16N2O5S. The zero-order chi connectivity index (χ0) is 18.7. The van der Waals surface area contributed by atoms with Gasteiger partial charge in [-0.15, -0.1) is 11.3 Å². The number of ether oxygens (including phenoxy) is 2. The van der Waals surface area contributed by atoms with Crippen molar-refractivity contribution < 1.29 is 19.1 Å². The maximum absolute atomic E-state index is 13.1. The summed E-state index contributed by atoms with van der Waals surface area (Å²) in [5.74, 6) is -1.20. The van der Waals surface area contributed by atoms with Crippen molar-refractivity contribution in [1.82, 2.24) is 9.55 Å². The predicted octanol–water partition coefficient (Wildman–Crippen LogP) is 2.40. The van der Waals surface area contributed by atoms with Crippen LogP contribution in [0.25, 0.3) is 10.2 Å². The molecule has 0 amide bonds. The molecule has 3 rings (SSSR count). The van der Waals surface area contributed by atoms with Crippen molar-refractivity contribution in [2.45, 2.75) is 13.0 Å². The summed E-state index contributed by atoms with van der Waals surface area (Å²) < 4.78 is 11.1. The first-order valence-corrected chi connectivity index (χ1v) is 8.74. The van der Waals surface area contributed by atoms with Gasteiger partial charge >= 0.3 is 11.9 Å². The number of hydrogen-bond donors (Lipinski definition) is 0. The highest BCUT2D eigenvalue weighted by Gasteiger charge is 2.27. The Balaban J connectivity index is 2.21. The lowest BCUT2D eigenvalue weighted by atomic mass is 10.1. The van der Waals surface area contributed by atoms with Crippen molar-refractivity contribution >= 4 is 33.5 Å². The van der Waals surface area contributed by atoms with E-state index in [0.717, 1.165) is 0 Å². The molecule has 2 heterocycles. The van der Waals surface area contributed by atoms with E-state index >= 15 is 0 Å². The number of benzene rings is 1. The van der Waals surface area contributed by atoms with Crippen molar-refractivity contribution in [2.24, 2.45) is 0 Å². The minimum Gasteiger partial charge on any atom is -0.467 e. The van der Waals surface area contributed by atoms with E-state index in [1.54, 1.807) is 37.3 Å². The molecule has 0 saturated heterocycles. The van der Waals surface area contributed by atoms with Gasteiger partial charge in [-0.05, 0) is 12.5 Å². The van der Waals surface area contributed by atoms with Crippen molar-refractivity contribution in [3.05, 3.63) is 63.5 Å². The lowest BCUT2D eigenvalue weighted by Gasteiger charge is -2.17. The second kappa shape index (κ2) is 7.49. The van der Waals surface area contributed by atoms with Crippen LogP contribution < -0.4 is 5.56 Å². The zero-order valence-corrected chi connectivity index (χ0v) is 15.0. The summed E-state index contributed by atoms with van der Waals surface area (Å²) in [4.78, 5) is 42.2. The summed E-state index contributed by atoms with van der Waals surface area (Å²) in [5, 5.41) is 1.68. The lowest BCUT2D eigenvalue weighted by molar-refractivity contribution is -0.143. The van der Waals surface area contributed by atoms with Gasteiger partial charge in [0.15, 0.2) is 6.04 Å². The van der Waals surface area contributed by atoms with E-state index in [2.05, 4.69) is 4.98 Å². The number of carbonyl (C=O) groups excluding carboxylic acids is 2. The second-order valence-electron chi connectivity index (χ2n) is 5.34. The Labute approximate surface area is 152 Å². The molecule has 7 nitrogen and oxygen atoms in total. The average Bonchev–Trinajstić information content (AvgIpc) is 3.10. The summed E-state index contributed by atoms with van der Waals surface area (Å²) in [6, 6.07) is 7.77. The van der Waals surface area contributed by atoms with E-state index in [9.17, 15) is 14.4 Å². The highest BCUT2D eigenvalue weighted by Crippen LogP contribution is 2.24. The molecule has 2 aromatic heterocycles. The summed E-state index contributed by atoms with van der Waals surface area (Å²) in [5.41, 5.74) is 0.226. The molecule has 0 fully saturated rings. The fourth-order valence-electron chi connectivity index (χ4n) is 2.65. The molecule has 0 aliphatic carbocycles. The molecule has 0 saturated carbocycles. The monoisotopic (exact) mass is 372 g/mol. The van der Waals surface area contributed by atoms with Crippen LogP contribution in [0.2, 0.25) is 0 Å². The van der Waals surface area contributed by atoms with Crippen LogP contribution in [0.1, 0.15) is 28.9 Å². The Hall–Kier alpha value is -3.00. The van der Waals surface area contributed by atoms with E-state index in [4.69, 9.17) is 9.47 Å². The number of carbonyl (C=O) groups is 2. The van der Waals surface area contributed by atoms with E-state index in [1.807, 2.05) is 0 Å². The van der Waals surface area contributed by atoms with Gasteiger partial charge in [0.05, 0.1) is 24.7 Å². The van der Waals surface area contributed by atoms with Gasteiger partial charge in [0.25, 0.3) is 5.56 Å². The minimum absolute atomic E-state index is 0.140. The number of esters is 2. The molecule has 1 aromatic carbocycles. The number of methoxy groups -OCH3 is 1. The van der Waals surface area contributed by atoms with Crippen LogP contribution in [0.15, 0.2) is 46.8 Å². The van der Waals surface area contributed by atoms with Gasteiger partial charge < -0.3 is 9.47 Å². The first-order valence-electron chi connectivity index (χ1n) is 7.86. The third-order valence-electron chi connectivity index (χ3n) is 3.83. The molecule has 134 valence electrons. The van der Waals surface area contributed by atoms with E-state index in [0.29, 0.717) is 10.4 Å². The molecular weight excluding hydrogens is 356 g/mol. The van der Waals surface area contributed by atoms with Crippen molar-refractivity contribution in [2.75, 3.05) is 13.7 Å². The Morgan fingerprint density at radius 1 is 1.27 bits per heavy atom. The van der Waals surface area contributed by atoms with Gasteiger partial charge in [0.2, 0.25) is 0 Å². The molecule has 1 atom stereocenters. The average molecular weight is 372 g/mol. The van der Waals surface area contributed by atoms with Crippen LogP contribution in [0.3, 0.4) is 0 Å². The molecule has 0 spiro atoms. The fourth-order valence-corrected chi connectivity index (χ4v) is 3.51. The van der Waals surface area contributed by atoms with E-state index in [1.165, 1.54) is 34.7 Å². The number of nitrogens with zero attached hydrogens (tertiary/aromatic N) is 2. The maximum Gasteiger partial charge on any atom is 0.339 e. The van der Waals surface area contributed by atoms with Gasteiger partial charge in [-0.1, -0.05) is 30.3 Å². The first kappa shape index (κ1) is 17.8. The van der Waals surface area contributed by atoms with Gasteiger partial charge in [0, 0.05) is 5.38 Å². The summed E-state index contributed by atoms with van der Waals surface area (Å²) in [6.07, 6.45) is 1.30. The number of aromatic nitrogens is 2. The van der Waals surface area contributed by atoms with Crippen LogP contribution in [-0.2, 0) is 14.3 Å². The number of hydrogen-bond acceptors (Lipinski definition) is 7. The van der Waals surface area contributed by atoms with E-state index < -0.39 is 23.5 Å².